The number of hydrogen-bond acceptors (Lipinski definition) is 6. The van der Waals surface area contributed by atoms with Crippen LogP contribution in [0.15, 0.2) is 48.0 Å². The van der Waals surface area contributed by atoms with E-state index < -0.39 is 17.7 Å². The fourth-order valence-corrected chi connectivity index (χ4v) is 3.98. The van der Waals surface area contributed by atoms with E-state index in [0.29, 0.717) is 48.8 Å². The van der Waals surface area contributed by atoms with E-state index in [0.717, 1.165) is 0 Å². The van der Waals surface area contributed by atoms with Gasteiger partial charge in [0.15, 0.2) is 0 Å². The zero-order valence-electron chi connectivity index (χ0n) is 18.3. The first-order valence-corrected chi connectivity index (χ1v) is 10.6. The maximum Gasteiger partial charge on any atom is 0.295 e. The molecule has 7 nitrogen and oxygen atoms in total. The van der Waals surface area contributed by atoms with Crippen molar-refractivity contribution in [2.45, 2.75) is 19.4 Å². The summed E-state index contributed by atoms with van der Waals surface area (Å²) < 4.78 is 15.8. The quantitative estimate of drug-likeness (QED) is 0.262. The van der Waals surface area contributed by atoms with Gasteiger partial charge in [-0.2, -0.15) is 0 Å². The highest BCUT2D eigenvalue weighted by Gasteiger charge is 2.45. The number of carbonyl (C=O) groups is 2. The average Bonchev–Trinajstić information content (AvgIpc) is 3.04. The Morgan fingerprint density at radius 3 is 2.44 bits per heavy atom. The molecule has 1 fully saturated rings. The lowest BCUT2D eigenvalue weighted by molar-refractivity contribution is -0.140. The minimum atomic E-state index is -0.747. The van der Waals surface area contributed by atoms with Crippen LogP contribution in [0.25, 0.3) is 5.76 Å². The molecule has 1 N–H and O–H groups in total. The Hall–Kier alpha value is -3.03. The van der Waals surface area contributed by atoms with Crippen LogP contribution in [-0.4, -0.2) is 55.7 Å². The van der Waals surface area contributed by atoms with Crippen LogP contribution in [0, 0.1) is 0 Å². The largest absolute Gasteiger partial charge is 0.507 e. The van der Waals surface area contributed by atoms with Crippen LogP contribution in [0.2, 0.25) is 5.02 Å². The van der Waals surface area contributed by atoms with Crippen molar-refractivity contribution in [1.82, 2.24) is 4.90 Å². The number of methoxy groups -OCH3 is 2. The summed E-state index contributed by atoms with van der Waals surface area (Å²) in [4.78, 5) is 27.4. The molecule has 8 heteroatoms. The van der Waals surface area contributed by atoms with Crippen molar-refractivity contribution in [3.8, 4) is 11.5 Å². The number of likely N-dealkylation sites (tertiary alicyclic amines) is 1. The number of halogens is 1. The summed E-state index contributed by atoms with van der Waals surface area (Å²) in [6, 6.07) is 11.1. The van der Waals surface area contributed by atoms with E-state index >= 15 is 0 Å². The summed E-state index contributed by atoms with van der Waals surface area (Å²) in [5.41, 5.74) is 1.02. The van der Waals surface area contributed by atoms with E-state index in [-0.39, 0.29) is 16.4 Å². The SMILES string of the molecule is CCOc1ccc(C2/C(=C(/O)c3ccc(OC)c(Cl)c3)C(=O)C(=O)N2CCCOC)cc1. The van der Waals surface area contributed by atoms with Gasteiger partial charge in [0.1, 0.15) is 17.3 Å². The van der Waals surface area contributed by atoms with E-state index in [9.17, 15) is 14.7 Å². The van der Waals surface area contributed by atoms with Crippen LogP contribution >= 0.6 is 11.6 Å². The molecule has 32 heavy (non-hydrogen) atoms. The van der Waals surface area contributed by atoms with E-state index in [1.165, 1.54) is 18.1 Å². The smallest absolute Gasteiger partial charge is 0.295 e. The minimum Gasteiger partial charge on any atom is -0.507 e. The van der Waals surface area contributed by atoms with Gasteiger partial charge in [-0.25, -0.2) is 0 Å². The van der Waals surface area contributed by atoms with Crippen LogP contribution in [0.5, 0.6) is 11.5 Å². The lowest BCUT2D eigenvalue weighted by atomic mass is 9.95. The lowest BCUT2D eigenvalue weighted by Gasteiger charge is -2.25. The number of ketones is 1. The summed E-state index contributed by atoms with van der Waals surface area (Å²) >= 11 is 6.21. The van der Waals surface area contributed by atoms with Gasteiger partial charge < -0.3 is 24.2 Å². The van der Waals surface area contributed by atoms with Crippen LogP contribution < -0.4 is 9.47 Å². The highest BCUT2D eigenvalue weighted by Crippen LogP contribution is 2.40. The highest BCUT2D eigenvalue weighted by molar-refractivity contribution is 6.46. The molecule has 1 saturated heterocycles. The molecular formula is C24H26ClNO6. The number of benzene rings is 2. The summed E-state index contributed by atoms with van der Waals surface area (Å²) in [5, 5.41) is 11.4. The van der Waals surface area contributed by atoms with Gasteiger partial charge in [-0.05, 0) is 49.2 Å². The predicted molar refractivity (Wildman–Crippen MR) is 121 cm³/mol. The van der Waals surface area contributed by atoms with Crippen LogP contribution in [0.4, 0.5) is 0 Å². The fraction of sp³-hybridized carbons (Fsp3) is 0.333. The lowest BCUT2D eigenvalue weighted by Crippen LogP contribution is -2.31. The number of hydrogen-bond donors (Lipinski definition) is 1. The standard InChI is InChI=1S/C24H26ClNO6/c1-4-32-17-9-6-15(7-10-17)21-20(23(28)24(29)26(21)12-5-13-30-2)22(27)16-8-11-19(31-3)18(25)14-16/h6-11,14,21,27H,4-5,12-13H2,1-3H3/b22-20-. The number of amides is 1. The van der Waals surface area contributed by atoms with Gasteiger partial charge in [-0.15, -0.1) is 0 Å². The van der Waals surface area contributed by atoms with Crippen molar-refractivity contribution in [3.63, 3.8) is 0 Å². The first kappa shape index (κ1) is 23.6. The second kappa shape index (κ2) is 10.5. The summed E-state index contributed by atoms with van der Waals surface area (Å²) in [5.74, 6) is -0.589. The van der Waals surface area contributed by atoms with E-state index in [1.54, 1.807) is 43.5 Å². The Labute approximate surface area is 192 Å². The van der Waals surface area contributed by atoms with Gasteiger partial charge in [0, 0.05) is 25.8 Å². The van der Waals surface area contributed by atoms with Gasteiger partial charge in [0.25, 0.3) is 11.7 Å². The normalized spacial score (nSPS) is 17.6. The molecule has 1 aliphatic rings. The number of ether oxygens (including phenoxy) is 3. The molecule has 0 spiro atoms. The zero-order valence-corrected chi connectivity index (χ0v) is 19.0. The third-order valence-corrected chi connectivity index (χ3v) is 5.51. The van der Waals surface area contributed by atoms with Crippen molar-refractivity contribution in [2.75, 3.05) is 34.0 Å². The molecule has 2 aromatic rings. The van der Waals surface area contributed by atoms with E-state index in [2.05, 4.69) is 0 Å². The van der Waals surface area contributed by atoms with Gasteiger partial charge in [-0.1, -0.05) is 23.7 Å². The Morgan fingerprint density at radius 1 is 1.12 bits per heavy atom. The minimum absolute atomic E-state index is 0.0119. The summed E-state index contributed by atoms with van der Waals surface area (Å²) in [6.07, 6.45) is 0.547. The number of aliphatic hydroxyl groups is 1. The highest BCUT2D eigenvalue weighted by atomic mass is 35.5. The van der Waals surface area contributed by atoms with E-state index in [4.69, 9.17) is 25.8 Å². The average molecular weight is 460 g/mol. The molecule has 0 saturated carbocycles. The number of nitrogens with zero attached hydrogens (tertiary/aromatic N) is 1. The molecule has 3 rings (SSSR count). The molecule has 1 atom stereocenters. The van der Waals surface area contributed by atoms with Gasteiger partial charge in [0.05, 0.1) is 30.4 Å². The van der Waals surface area contributed by atoms with Gasteiger partial charge >= 0.3 is 0 Å². The second-order valence-corrected chi connectivity index (χ2v) is 7.60. The maximum absolute atomic E-state index is 13.0. The van der Waals surface area contributed by atoms with Crippen LogP contribution in [0.3, 0.4) is 0 Å². The number of Topliss-reactive ketones (excluding diaryl/α,β-unsaturated/α-hetero) is 1. The molecule has 0 radical (unpaired) electrons. The molecular weight excluding hydrogens is 434 g/mol. The topological polar surface area (TPSA) is 85.3 Å². The van der Waals surface area contributed by atoms with Crippen molar-refractivity contribution >= 4 is 29.1 Å². The Kier molecular flexibility index (Phi) is 7.77. The first-order chi connectivity index (χ1) is 15.4. The van der Waals surface area contributed by atoms with Gasteiger partial charge in [-0.3, -0.25) is 9.59 Å². The monoisotopic (exact) mass is 459 g/mol. The number of carbonyl (C=O) groups excluding carboxylic acids is 2. The first-order valence-electron chi connectivity index (χ1n) is 10.3. The summed E-state index contributed by atoms with van der Waals surface area (Å²) in [6.45, 7) is 3.15. The zero-order chi connectivity index (χ0) is 23.3. The predicted octanol–water partition coefficient (Wildman–Crippen LogP) is 4.21. The second-order valence-electron chi connectivity index (χ2n) is 7.19. The van der Waals surface area contributed by atoms with Crippen LogP contribution in [-0.2, 0) is 14.3 Å². The Bertz CT molecular complexity index is 1020. The molecule has 1 amide bonds. The van der Waals surface area contributed by atoms with Crippen molar-refractivity contribution < 1.29 is 28.9 Å². The maximum atomic E-state index is 13.0. The Balaban J connectivity index is 2.10. The number of rotatable bonds is 9. The van der Waals surface area contributed by atoms with Crippen molar-refractivity contribution in [3.05, 3.63) is 64.2 Å². The molecule has 0 aromatic heterocycles. The van der Waals surface area contributed by atoms with Crippen LogP contribution in [0.1, 0.15) is 30.5 Å². The fourth-order valence-electron chi connectivity index (χ4n) is 3.72. The molecule has 0 bridgehead atoms. The van der Waals surface area contributed by atoms with Gasteiger partial charge in [0.2, 0.25) is 0 Å². The van der Waals surface area contributed by atoms with E-state index in [1.807, 2.05) is 6.92 Å². The molecule has 2 aromatic carbocycles. The van der Waals surface area contributed by atoms with Crippen molar-refractivity contribution in [1.29, 1.82) is 0 Å². The number of aliphatic hydroxyl groups excluding tert-OH is 1. The molecule has 1 unspecified atom stereocenters. The molecule has 1 aliphatic heterocycles. The van der Waals surface area contributed by atoms with Crippen molar-refractivity contribution in [2.24, 2.45) is 0 Å². The molecule has 0 aliphatic carbocycles. The third-order valence-electron chi connectivity index (χ3n) is 5.22. The third kappa shape index (κ3) is 4.74. The molecule has 1 heterocycles. The Morgan fingerprint density at radius 2 is 1.84 bits per heavy atom. The molecule has 170 valence electrons. The summed E-state index contributed by atoms with van der Waals surface area (Å²) in [7, 11) is 3.06.